The van der Waals surface area contributed by atoms with E-state index in [1.54, 1.807) is 0 Å². The summed E-state index contributed by atoms with van der Waals surface area (Å²) in [7, 11) is -4.29. The third-order valence-corrected chi connectivity index (χ3v) is 6.98. The number of phosphoric ester groups is 1. The number of nitrogens with two attached hydrogens (primary N) is 1. The van der Waals surface area contributed by atoms with E-state index in [0.717, 1.165) is 5.56 Å². The molecule has 0 saturated carbocycles. The number of nitrogens with one attached hydrogen (secondary N) is 1. The monoisotopic (exact) mass is 467 g/mol. The van der Waals surface area contributed by atoms with Crippen LogP contribution in [0.25, 0.3) is 11.2 Å². The molecule has 12 nitrogen and oxygen atoms in total. The number of hydrogen-bond acceptors (Lipinski definition) is 10. The number of fused-ring (bicyclic) bond motifs is 2. The number of anilines is 1. The van der Waals surface area contributed by atoms with Crippen LogP contribution in [-0.4, -0.2) is 54.4 Å². The standard InChI is InChI=1S/C17H18N5O7PS/c18-16-20-13-10(14(24)21-16)19-17(31-7-8-4-2-1-3-5-8)22(13)15-11(23)12-9(28-15)6-27-30(25,26)29-12/h1-5,9,11-12,15,23H,6-7H2,(H,25,26)(H3,18,20,21,24)/t9-,11-,12-,15-/m1/s1. The topological polar surface area (TPSA) is 175 Å². The molecule has 5 rings (SSSR count). The molecule has 2 aliphatic rings. The maximum atomic E-state index is 12.4. The number of aliphatic hydroxyl groups excluding tert-OH is 1. The average molecular weight is 467 g/mol. The Kier molecular flexibility index (Phi) is 5.13. The Morgan fingerprint density at radius 1 is 1.32 bits per heavy atom. The van der Waals surface area contributed by atoms with Crippen LogP contribution in [0, 0.1) is 0 Å². The van der Waals surface area contributed by atoms with Gasteiger partial charge in [-0.15, -0.1) is 0 Å². The summed E-state index contributed by atoms with van der Waals surface area (Å²) in [6, 6.07) is 9.61. The maximum absolute atomic E-state index is 12.4. The molecule has 5 atom stereocenters. The SMILES string of the molecule is Nc1nc2c(nc(SCc3ccccc3)n2[C@@H]2O[C@@H]3COP(=O)(O)O[C@H]3[C@H]2O)c(=O)[nH]1. The van der Waals surface area contributed by atoms with Gasteiger partial charge < -0.3 is 20.5 Å². The smallest absolute Gasteiger partial charge is 0.386 e. The number of phosphoric acid groups is 1. The largest absolute Gasteiger partial charge is 0.472 e. The van der Waals surface area contributed by atoms with Gasteiger partial charge in [-0.1, -0.05) is 42.1 Å². The normalized spacial score (nSPS) is 30.5. The number of hydrogen-bond donors (Lipinski definition) is 4. The first-order valence-electron chi connectivity index (χ1n) is 9.26. The first-order chi connectivity index (χ1) is 14.8. The van der Waals surface area contributed by atoms with E-state index in [9.17, 15) is 19.4 Å². The molecule has 5 N–H and O–H groups in total. The second-order valence-electron chi connectivity index (χ2n) is 7.05. The van der Waals surface area contributed by atoms with Crippen molar-refractivity contribution in [3.8, 4) is 0 Å². The summed E-state index contributed by atoms with van der Waals surface area (Å²) in [6.07, 6.45) is -4.32. The summed E-state index contributed by atoms with van der Waals surface area (Å²) in [6.45, 7) is -0.235. The minimum atomic E-state index is -4.29. The van der Waals surface area contributed by atoms with Crippen LogP contribution >= 0.6 is 19.6 Å². The molecule has 0 spiro atoms. The fourth-order valence-electron chi connectivity index (χ4n) is 3.58. The molecular formula is C17H18N5O7PS. The van der Waals surface area contributed by atoms with Crippen LogP contribution in [0.1, 0.15) is 11.8 Å². The van der Waals surface area contributed by atoms with Gasteiger partial charge in [-0.25, -0.2) is 9.55 Å². The summed E-state index contributed by atoms with van der Waals surface area (Å²) >= 11 is 1.31. The molecule has 1 aromatic carbocycles. The highest BCUT2D eigenvalue weighted by Gasteiger charge is 2.53. The average Bonchev–Trinajstić information content (AvgIpc) is 3.24. The Morgan fingerprint density at radius 2 is 2.10 bits per heavy atom. The van der Waals surface area contributed by atoms with Crippen molar-refractivity contribution in [1.82, 2.24) is 19.5 Å². The van der Waals surface area contributed by atoms with E-state index in [1.807, 2.05) is 30.3 Å². The van der Waals surface area contributed by atoms with Crippen molar-refractivity contribution in [2.75, 3.05) is 12.3 Å². The molecule has 1 unspecified atom stereocenters. The molecule has 4 heterocycles. The van der Waals surface area contributed by atoms with Crippen LogP contribution in [0.3, 0.4) is 0 Å². The number of benzene rings is 1. The number of H-pyrrole nitrogens is 1. The predicted octanol–water partition coefficient (Wildman–Crippen LogP) is 0.768. The lowest BCUT2D eigenvalue weighted by atomic mass is 10.1. The number of imidazole rings is 1. The zero-order valence-electron chi connectivity index (χ0n) is 15.8. The van der Waals surface area contributed by atoms with Crippen LogP contribution < -0.4 is 11.3 Å². The van der Waals surface area contributed by atoms with Gasteiger partial charge in [0.1, 0.15) is 18.3 Å². The highest BCUT2D eigenvalue weighted by atomic mass is 32.2. The van der Waals surface area contributed by atoms with Crippen molar-refractivity contribution in [3.05, 3.63) is 46.2 Å². The van der Waals surface area contributed by atoms with Gasteiger partial charge >= 0.3 is 7.82 Å². The second kappa shape index (κ2) is 7.71. The number of aromatic amines is 1. The molecule has 0 radical (unpaired) electrons. The molecule has 2 aromatic heterocycles. The number of aliphatic hydroxyl groups is 1. The molecule has 0 amide bonds. The molecule has 0 aliphatic carbocycles. The minimum Gasteiger partial charge on any atom is -0.386 e. The Balaban J connectivity index is 1.56. The lowest BCUT2D eigenvalue weighted by Gasteiger charge is -2.27. The first-order valence-corrected chi connectivity index (χ1v) is 11.7. The van der Waals surface area contributed by atoms with Crippen molar-refractivity contribution >= 4 is 36.7 Å². The molecule has 2 fully saturated rings. The molecule has 164 valence electrons. The lowest BCUT2D eigenvalue weighted by Crippen LogP contribution is -2.39. The fourth-order valence-corrected chi connectivity index (χ4v) is 5.52. The van der Waals surface area contributed by atoms with E-state index in [4.69, 9.17) is 19.5 Å². The number of ether oxygens (including phenoxy) is 1. The molecule has 3 aromatic rings. The van der Waals surface area contributed by atoms with Crippen LogP contribution in [0.15, 0.2) is 40.3 Å². The minimum absolute atomic E-state index is 0.0282. The van der Waals surface area contributed by atoms with Crippen molar-refractivity contribution in [2.24, 2.45) is 0 Å². The zero-order valence-corrected chi connectivity index (χ0v) is 17.5. The molecule has 31 heavy (non-hydrogen) atoms. The van der Waals surface area contributed by atoms with Gasteiger partial charge in [-0.3, -0.25) is 23.4 Å². The van der Waals surface area contributed by atoms with Crippen molar-refractivity contribution in [3.63, 3.8) is 0 Å². The van der Waals surface area contributed by atoms with Gasteiger partial charge in [0.2, 0.25) is 5.95 Å². The van der Waals surface area contributed by atoms with Gasteiger partial charge in [0.25, 0.3) is 5.56 Å². The molecule has 0 bridgehead atoms. The summed E-state index contributed by atoms with van der Waals surface area (Å²) in [4.78, 5) is 33.0. The lowest BCUT2D eigenvalue weighted by molar-refractivity contribution is -0.0684. The third-order valence-electron chi connectivity index (χ3n) is 4.97. The van der Waals surface area contributed by atoms with E-state index < -0.39 is 37.9 Å². The molecule has 14 heteroatoms. The Labute approximate surface area is 179 Å². The number of thioether (sulfide) groups is 1. The Bertz CT molecular complexity index is 1230. The Morgan fingerprint density at radius 3 is 2.87 bits per heavy atom. The van der Waals surface area contributed by atoms with Crippen molar-refractivity contribution < 1.29 is 28.3 Å². The second-order valence-corrected chi connectivity index (χ2v) is 9.40. The van der Waals surface area contributed by atoms with Crippen molar-refractivity contribution in [1.29, 1.82) is 0 Å². The quantitative estimate of drug-likeness (QED) is 0.315. The van der Waals surface area contributed by atoms with E-state index in [1.165, 1.54) is 16.3 Å². The van der Waals surface area contributed by atoms with E-state index >= 15 is 0 Å². The molecular weight excluding hydrogens is 449 g/mol. The molecule has 2 aliphatic heterocycles. The highest BCUT2D eigenvalue weighted by molar-refractivity contribution is 7.98. The predicted molar refractivity (Wildman–Crippen MR) is 109 cm³/mol. The van der Waals surface area contributed by atoms with E-state index in [2.05, 4.69) is 15.0 Å². The third kappa shape index (κ3) is 3.78. The highest BCUT2D eigenvalue weighted by Crippen LogP contribution is 2.53. The maximum Gasteiger partial charge on any atom is 0.472 e. The van der Waals surface area contributed by atoms with Crippen LogP contribution in [-0.2, 0) is 24.1 Å². The van der Waals surface area contributed by atoms with Gasteiger partial charge in [-0.2, -0.15) is 4.98 Å². The zero-order chi connectivity index (χ0) is 21.8. The van der Waals surface area contributed by atoms with Crippen LogP contribution in [0.5, 0.6) is 0 Å². The van der Waals surface area contributed by atoms with Gasteiger partial charge in [0, 0.05) is 5.75 Å². The summed E-state index contributed by atoms with van der Waals surface area (Å²) < 4.78 is 28.9. The summed E-state index contributed by atoms with van der Waals surface area (Å²) in [5.74, 6) is 0.404. The van der Waals surface area contributed by atoms with Crippen LogP contribution in [0.4, 0.5) is 5.95 Å². The molecule has 2 saturated heterocycles. The number of aromatic nitrogens is 4. The summed E-state index contributed by atoms with van der Waals surface area (Å²) in [5, 5.41) is 11.2. The number of nitrogen functional groups attached to an aromatic ring is 1. The summed E-state index contributed by atoms with van der Waals surface area (Å²) in [5.41, 5.74) is 6.35. The first kappa shape index (κ1) is 20.6. The van der Waals surface area contributed by atoms with Gasteiger partial charge in [0.05, 0.1) is 6.61 Å². The number of nitrogens with zero attached hydrogens (tertiary/aromatic N) is 3. The fraction of sp³-hybridized carbons (Fsp3) is 0.353. The van der Waals surface area contributed by atoms with Gasteiger partial charge in [0.15, 0.2) is 22.5 Å². The van der Waals surface area contributed by atoms with E-state index in [0.29, 0.717) is 10.9 Å². The van der Waals surface area contributed by atoms with Gasteiger partial charge in [-0.05, 0) is 5.56 Å². The van der Waals surface area contributed by atoms with Crippen molar-refractivity contribution in [2.45, 2.75) is 35.4 Å². The van der Waals surface area contributed by atoms with Crippen LogP contribution in [0.2, 0.25) is 0 Å². The number of rotatable bonds is 4. The Hall–Kier alpha value is -2.25. The van der Waals surface area contributed by atoms with E-state index in [-0.39, 0.29) is 23.7 Å².